The smallest absolute Gasteiger partial charge is 0.0428 e. The molecule has 5 N–H and O–H groups in total. The van der Waals surface area contributed by atoms with E-state index in [-0.39, 0.29) is 0 Å². The molecule has 0 unspecified atom stereocenters. The van der Waals surface area contributed by atoms with Crippen molar-refractivity contribution in [1.82, 2.24) is 0 Å². The summed E-state index contributed by atoms with van der Waals surface area (Å²) in [5.74, 6) is 0. The second-order valence-corrected chi connectivity index (χ2v) is 3.62. The lowest BCUT2D eigenvalue weighted by Gasteiger charge is -1.69. The molecule has 5 nitrogen and oxygen atoms in total. The van der Waals surface area contributed by atoms with Crippen molar-refractivity contribution >= 4 is 0 Å². The molecule has 0 saturated carbocycles. The van der Waals surface area contributed by atoms with Crippen LogP contribution in [0.1, 0.15) is 66.7 Å². The molecule has 20 heavy (non-hydrogen) atoms. The molecule has 0 heterocycles. The van der Waals surface area contributed by atoms with Gasteiger partial charge in [0.15, 0.2) is 0 Å². The van der Waals surface area contributed by atoms with Gasteiger partial charge in [0.05, 0.1) is 0 Å². The average Bonchev–Trinajstić information content (AvgIpc) is 2.55. The molecular weight excluding hydrogens is 260 g/mol. The van der Waals surface area contributed by atoms with E-state index in [2.05, 4.69) is 0 Å². The van der Waals surface area contributed by atoms with Gasteiger partial charge in [-0.2, -0.15) is 0 Å². The van der Waals surface area contributed by atoms with E-state index in [1.54, 1.807) is 0 Å². The van der Waals surface area contributed by atoms with Crippen molar-refractivity contribution in [1.29, 1.82) is 0 Å². The van der Waals surface area contributed by atoms with Gasteiger partial charge in [0.1, 0.15) is 0 Å². The number of rotatable bonds is 5. The van der Waals surface area contributed by atoms with Crippen LogP contribution in [0.15, 0.2) is 0 Å². The van der Waals surface area contributed by atoms with Crippen molar-refractivity contribution in [3.05, 3.63) is 0 Å². The van der Waals surface area contributed by atoms with E-state index >= 15 is 0 Å². The maximum Gasteiger partial charge on any atom is 0.0428 e. The number of hydrogen-bond acceptors (Lipinski definition) is 5. The molecule has 0 aromatic rings. The third-order valence-electron chi connectivity index (χ3n) is 1.12. The first-order valence-electron chi connectivity index (χ1n) is 7.62. The van der Waals surface area contributed by atoms with Crippen LogP contribution in [0.2, 0.25) is 0 Å². The molecule has 0 spiro atoms. The molecule has 0 radical (unpaired) electrons. The number of aliphatic hydroxyl groups is 5. The van der Waals surface area contributed by atoms with Crippen LogP contribution in [0, 0.1) is 0 Å². The van der Waals surface area contributed by atoms with Gasteiger partial charge < -0.3 is 25.5 Å². The second kappa shape index (κ2) is 62.0. The van der Waals surface area contributed by atoms with Crippen molar-refractivity contribution in [2.24, 2.45) is 0 Å². The SMILES string of the molecule is CCCO.CCCO.CCCO.CCCO.CCCO. The minimum atomic E-state index is 0.319. The standard InChI is InChI=1S/5C3H8O/c5*1-2-3-4/h5*4H,2-3H2,1H3. The summed E-state index contributed by atoms with van der Waals surface area (Å²) in [6, 6.07) is 0. The highest BCUT2D eigenvalue weighted by Crippen LogP contribution is 1.62. The zero-order valence-corrected chi connectivity index (χ0v) is 14.3. The van der Waals surface area contributed by atoms with Crippen LogP contribution in [0.5, 0.6) is 0 Å². The Morgan fingerprint density at radius 1 is 0.350 bits per heavy atom. The predicted octanol–water partition coefficient (Wildman–Crippen LogP) is 1.94. The van der Waals surface area contributed by atoms with Crippen LogP contribution < -0.4 is 0 Å². The molecule has 0 aliphatic rings. The fraction of sp³-hybridized carbons (Fsp3) is 1.00. The zero-order chi connectivity index (χ0) is 17.1. The Kier molecular flexibility index (Phi) is 99.1. The van der Waals surface area contributed by atoms with Gasteiger partial charge in [-0.05, 0) is 32.1 Å². The van der Waals surface area contributed by atoms with Gasteiger partial charge in [-0.15, -0.1) is 0 Å². The maximum atomic E-state index is 7.88. The highest BCUT2D eigenvalue weighted by Gasteiger charge is 1.58. The van der Waals surface area contributed by atoms with Crippen molar-refractivity contribution in [3.63, 3.8) is 0 Å². The quantitative estimate of drug-likeness (QED) is 0.534. The van der Waals surface area contributed by atoms with Gasteiger partial charge in [0.25, 0.3) is 0 Å². The summed E-state index contributed by atoms with van der Waals surface area (Å²) in [4.78, 5) is 0. The normalized spacial score (nSPS) is 7.50. The summed E-state index contributed by atoms with van der Waals surface area (Å²) < 4.78 is 0. The average molecular weight is 300 g/mol. The van der Waals surface area contributed by atoms with E-state index < -0.39 is 0 Å². The first-order valence-corrected chi connectivity index (χ1v) is 7.62. The van der Waals surface area contributed by atoms with Crippen LogP contribution in [0.3, 0.4) is 0 Å². The Morgan fingerprint density at radius 3 is 0.400 bits per heavy atom. The molecule has 0 aliphatic heterocycles. The molecule has 0 fully saturated rings. The molecule has 0 aromatic heterocycles. The maximum absolute atomic E-state index is 7.88. The van der Waals surface area contributed by atoms with Gasteiger partial charge in [-0.3, -0.25) is 0 Å². The topological polar surface area (TPSA) is 101 Å². The fourth-order valence-electron chi connectivity index (χ4n) is 0. The van der Waals surface area contributed by atoms with Gasteiger partial charge in [-0.25, -0.2) is 0 Å². The van der Waals surface area contributed by atoms with E-state index in [0.29, 0.717) is 33.0 Å². The summed E-state index contributed by atoms with van der Waals surface area (Å²) in [5.41, 5.74) is 0. The summed E-state index contributed by atoms with van der Waals surface area (Å²) in [6.45, 7) is 11.2. The molecule has 0 bridgehead atoms. The fourth-order valence-corrected chi connectivity index (χ4v) is 0. The van der Waals surface area contributed by atoms with Gasteiger partial charge >= 0.3 is 0 Å². The minimum absolute atomic E-state index is 0.319. The summed E-state index contributed by atoms with van der Waals surface area (Å²) >= 11 is 0. The zero-order valence-electron chi connectivity index (χ0n) is 14.3. The van der Waals surface area contributed by atoms with E-state index in [4.69, 9.17) is 25.5 Å². The monoisotopic (exact) mass is 300 g/mol. The Morgan fingerprint density at radius 2 is 0.400 bits per heavy atom. The molecule has 0 atom stereocenters. The summed E-state index contributed by atoms with van der Waals surface area (Å²) in [5, 5.41) is 39.4. The van der Waals surface area contributed by atoms with Crippen molar-refractivity contribution in [2.75, 3.05) is 33.0 Å². The van der Waals surface area contributed by atoms with E-state index in [1.807, 2.05) is 34.6 Å². The van der Waals surface area contributed by atoms with Crippen LogP contribution in [0.25, 0.3) is 0 Å². The Balaban J connectivity index is -0.0000000469. The van der Waals surface area contributed by atoms with Crippen LogP contribution >= 0.6 is 0 Å². The molecule has 5 heteroatoms. The van der Waals surface area contributed by atoms with Crippen molar-refractivity contribution in [3.8, 4) is 0 Å². The lowest BCUT2D eigenvalue weighted by molar-refractivity contribution is 0.294. The lowest BCUT2D eigenvalue weighted by atomic mass is 10.5. The first kappa shape index (κ1) is 31.9. The van der Waals surface area contributed by atoms with Crippen molar-refractivity contribution in [2.45, 2.75) is 66.7 Å². The van der Waals surface area contributed by atoms with E-state index in [0.717, 1.165) is 32.1 Å². The predicted molar refractivity (Wildman–Crippen MR) is 86.9 cm³/mol. The molecule has 0 aromatic carbocycles. The van der Waals surface area contributed by atoms with E-state index in [9.17, 15) is 0 Å². The van der Waals surface area contributed by atoms with E-state index in [1.165, 1.54) is 0 Å². The molecule has 0 aliphatic carbocycles. The third-order valence-corrected chi connectivity index (χ3v) is 1.12. The number of aliphatic hydroxyl groups excluding tert-OH is 5. The summed E-state index contributed by atoms with van der Waals surface area (Å²) in [6.07, 6.45) is 4.38. The largest absolute Gasteiger partial charge is 0.396 e. The van der Waals surface area contributed by atoms with Gasteiger partial charge in [0, 0.05) is 33.0 Å². The highest BCUT2D eigenvalue weighted by atomic mass is 16.3. The van der Waals surface area contributed by atoms with Crippen LogP contribution in [-0.2, 0) is 0 Å². The molecule has 0 amide bonds. The molecular formula is C15H40O5. The Hall–Kier alpha value is -0.200. The second-order valence-electron chi connectivity index (χ2n) is 3.62. The molecule has 0 rings (SSSR count). The lowest BCUT2D eigenvalue weighted by Crippen LogP contribution is -1.69. The van der Waals surface area contributed by atoms with Gasteiger partial charge in [0.2, 0.25) is 0 Å². The minimum Gasteiger partial charge on any atom is -0.396 e. The Labute approximate surface area is 126 Å². The summed E-state index contributed by atoms with van der Waals surface area (Å²) in [7, 11) is 0. The molecule has 0 saturated heterocycles. The van der Waals surface area contributed by atoms with Crippen LogP contribution in [-0.4, -0.2) is 58.6 Å². The highest BCUT2D eigenvalue weighted by molar-refractivity contribution is 4.11. The molecule has 130 valence electrons. The first-order chi connectivity index (χ1) is 9.57. The van der Waals surface area contributed by atoms with Crippen LogP contribution in [0.4, 0.5) is 0 Å². The number of hydrogen-bond donors (Lipinski definition) is 5. The van der Waals surface area contributed by atoms with Gasteiger partial charge in [-0.1, -0.05) is 34.6 Å². The Bertz CT molecular complexity index is 49.4. The van der Waals surface area contributed by atoms with Crippen molar-refractivity contribution < 1.29 is 25.5 Å². The third kappa shape index (κ3) is 218.